The number of nitrogen functional groups attached to an aromatic ring is 1. The van der Waals surface area contributed by atoms with E-state index in [1.165, 1.54) is 17.3 Å². The SMILES string of the molecule is N#CCc1cc(NCC2CSCCS2)ccc1N. The van der Waals surface area contributed by atoms with Gasteiger partial charge in [-0.05, 0) is 23.8 Å². The van der Waals surface area contributed by atoms with Crippen LogP contribution in [0.5, 0.6) is 0 Å². The predicted octanol–water partition coefficient (Wildman–Crippen LogP) is 2.60. The van der Waals surface area contributed by atoms with Gasteiger partial charge in [0.15, 0.2) is 0 Å². The first kappa shape index (κ1) is 13.4. The number of hydrogen-bond donors (Lipinski definition) is 2. The maximum atomic E-state index is 8.74. The van der Waals surface area contributed by atoms with Gasteiger partial charge in [0.05, 0.1) is 12.5 Å². The molecular weight excluding hydrogens is 262 g/mol. The molecule has 1 heterocycles. The van der Waals surface area contributed by atoms with Gasteiger partial charge in [-0.25, -0.2) is 0 Å². The number of hydrogen-bond acceptors (Lipinski definition) is 5. The first-order chi connectivity index (χ1) is 8.79. The van der Waals surface area contributed by atoms with Crippen LogP contribution in [0.15, 0.2) is 18.2 Å². The van der Waals surface area contributed by atoms with E-state index in [2.05, 4.69) is 11.4 Å². The minimum Gasteiger partial charge on any atom is -0.398 e. The third-order valence-electron chi connectivity index (χ3n) is 2.83. The molecule has 5 heteroatoms. The lowest BCUT2D eigenvalue weighted by atomic mass is 10.1. The second kappa shape index (κ2) is 6.81. The highest BCUT2D eigenvalue weighted by Gasteiger charge is 2.13. The van der Waals surface area contributed by atoms with E-state index in [0.717, 1.165) is 17.8 Å². The van der Waals surface area contributed by atoms with Crippen molar-refractivity contribution in [2.75, 3.05) is 34.9 Å². The van der Waals surface area contributed by atoms with Gasteiger partial charge in [0.1, 0.15) is 0 Å². The van der Waals surface area contributed by atoms with Gasteiger partial charge in [-0.1, -0.05) is 0 Å². The fourth-order valence-electron chi connectivity index (χ4n) is 1.84. The maximum Gasteiger partial charge on any atom is 0.0670 e. The molecular formula is C13H17N3S2. The first-order valence-corrected chi connectivity index (χ1v) is 8.18. The summed E-state index contributed by atoms with van der Waals surface area (Å²) < 4.78 is 0. The van der Waals surface area contributed by atoms with Crippen LogP contribution >= 0.6 is 23.5 Å². The highest BCUT2D eigenvalue weighted by Crippen LogP contribution is 2.25. The lowest BCUT2D eigenvalue weighted by Gasteiger charge is -2.21. The van der Waals surface area contributed by atoms with Gasteiger partial charge in [-0.2, -0.15) is 28.8 Å². The Morgan fingerprint density at radius 2 is 2.33 bits per heavy atom. The van der Waals surface area contributed by atoms with Crippen molar-refractivity contribution in [3.8, 4) is 6.07 Å². The summed E-state index contributed by atoms with van der Waals surface area (Å²) in [4.78, 5) is 0. The summed E-state index contributed by atoms with van der Waals surface area (Å²) in [6.07, 6.45) is 0.370. The van der Waals surface area contributed by atoms with Gasteiger partial charge in [0.25, 0.3) is 0 Å². The van der Waals surface area contributed by atoms with Crippen molar-refractivity contribution in [1.82, 2.24) is 0 Å². The van der Waals surface area contributed by atoms with Crippen molar-refractivity contribution in [1.29, 1.82) is 5.26 Å². The third-order valence-corrected chi connectivity index (χ3v) is 5.68. The third kappa shape index (κ3) is 3.76. The summed E-state index contributed by atoms with van der Waals surface area (Å²) in [5.74, 6) is 3.74. The molecule has 1 aromatic rings. The van der Waals surface area contributed by atoms with E-state index < -0.39 is 0 Å². The van der Waals surface area contributed by atoms with E-state index in [-0.39, 0.29) is 0 Å². The molecule has 1 fully saturated rings. The zero-order valence-electron chi connectivity index (χ0n) is 10.2. The standard InChI is InChI=1S/C13H17N3S2/c14-4-3-10-7-11(1-2-13(10)15)16-8-12-9-17-5-6-18-12/h1-2,7,12,16H,3,5-6,8-9,15H2. The van der Waals surface area contributed by atoms with E-state index in [1.807, 2.05) is 41.7 Å². The summed E-state index contributed by atoms with van der Waals surface area (Å²) >= 11 is 4.07. The largest absolute Gasteiger partial charge is 0.398 e. The Kier molecular flexibility index (Phi) is 5.09. The van der Waals surface area contributed by atoms with Crippen LogP contribution in [0.1, 0.15) is 5.56 Å². The predicted molar refractivity (Wildman–Crippen MR) is 82.2 cm³/mol. The number of nitriles is 1. The number of nitrogens with zero attached hydrogens (tertiary/aromatic N) is 1. The van der Waals surface area contributed by atoms with E-state index in [9.17, 15) is 0 Å². The monoisotopic (exact) mass is 279 g/mol. The summed E-state index contributed by atoms with van der Waals surface area (Å²) in [5, 5.41) is 12.9. The van der Waals surface area contributed by atoms with Crippen LogP contribution in [-0.2, 0) is 6.42 Å². The molecule has 3 nitrogen and oxygen atoms in total. The fraction of sp³-hybridized carbons (Fsp3) is 0.462. The zero-order chi connectivity index (χ0) is 12.8. The Labute approximate surface area is 117 Å². The Morgan fingerprint density at radius 1 is 1.44 bits per heavy atom. The highest BCUT2D eigenvalue weighted by atomic mass is 32.2. The molecule has 18 heavy (non-hydrogen) atoms. The number of rotatable bonds is 4. The first-order valence-electron chi connectivity index (χ1n) is 5.98. The zero-order valence-corrected chi connectivity index (χ0v) is 11.8. The molecule has 0 aromatic heterocycles. The normalized spacial score (nSPS) is 19.2. The quantitative estimate of drug-likeness (QED) is 0.830. The molecule has 96 valence electrons. The number of nitrogens with one attached hydrogen (secondary N) is 1. The van der Waals surface area contributed by atoms with Crippen molar-refractivity contribution < 1.29 is 0 Å². The van der Waals surface area contributed by atoms with E-state index in [4.69, 9.17) is 11.0 Å². The number of benzene rings is 1. The molecule has 0 aliphatic carbocycles. The van der Waals surface area contributed by atoms with Gasteiger partial charge in [-0.15, -0.1) is 0 Å². The van der Waals surface area contributed by atoms with Crippen molar-refractivity contribution in [2.45, 2.75) is 11.7 Å². The summed E-state index contributed by atoms with van der Waals surface area (Å²) in [6, 6.07) is 7.98. The Hall–Kier alpha value is -0.990. The molecule has 0 spiro atoms. The molecule has 1 unspecified atom stereocenters. The molecule has 0 radical (unpaired) electrons. The van der Waals surface area contributed by atoms with Crippen LogP contribution in [0.3, 0.4) is 0 Å². The van der Waals surface area contributed by atoms with Gasteiger partial charge >= 0.3 is 0 Å². The summed E-state index contributed by atoms with van der Waals surface area (Å²) in [7, 11) is 0. The minimum absolute atomic E-state index is 0.370. The lowest BCUT2D eigenvalue weighted by Crippen LogP contribution is -2.23. The molecule has 2 rings (SSSR count). The highest BCUT2D eigenvalue weighted by molar-refractivity contribution is 8.06. The average molecular weight is 279 g/mol. The van der Waals surface area contributed by atoms with Crippen LogP contribution in [0, 0.1) is 11.3 Å². The Bertz CT molecular complexity index is 436. The molecule has 0 amide bonds. The fourth-order valence-corrected chi connectivity index (χ4v) is 4.45. The molecule has 0 bridgehead atoms. The van der Waals surface area contributed by atoms with Crippen LogP contribution in [0.4, 0.5) is 11.4 Å². The summed E-state index contributed by atoms with van der Waals surface area (Å²) in [5.41, 5.74) is 8.50. The molecule has 1 aromatic carbocycles. The Morgan fingerprint density at radius 3 is 3.06 bits per heavy atom. The lowest BCUT2D eigenvalue weighted by molar-refractivity contribution is 1.00. The molecule has 3 N–H and O–H groups in total. The molecule has 1 aliphatic rings. The summed E-state index contributed by atoms with van der Waals surface area (Å²) in [6.45, 7) is 0.980. The van der Waals surface area contributed by atoms with E-state index in [1.54, 1.807) is 0 Å². The van der Waals surface area contributed by atoms with Crippen molar-refractivity contribution in [3.05, 3.63) is 23.8 Å². The maximum absolute atomic E-state index is 8.74. The minimum atomic E-state index is 0.370. The van der Waals surface area contributed by atoms with Crippen LogP contribution in [-0.4, -0.2) is 29.1 Å². The van der Waals surface area contributed by atoms with Crippen LogP contribution < -0.4 is 11.1 Å². The van der Waals surface area contributed by atoms with Crippen LogP contribution in [0.2, 0.25) is 0 Å². The van der Waals surface area contributed by atoms with Gasteiger partial charge in [0, 0.05) is 40.4 Å². The van der Waals surface area contributed by atoms with E-state index >= 15 is 0 Å². The smallest absolute Gasteiger partial charge is 0.0670 e. The van der Waals surface area contributed by atoms with Gasteiger partial charge < -0.3 is 11.1 Å². The van der Waals surface area contributed by atoms with Crippen molar-refractivity contribution in [2.24, 2.45) is 0 Å². The van der Waals surface area contributed by atoms with E-state index in [0.29, 0.717) is 17.4 Å². The topological polar surface area (TPSA) is 61.8 Å². The second-order valence-electron chi connectivity index (χ2n) is 4.20. The molecule has 1 aliphatic heterocycles. The average Bonchev–Trinajstić information content (AvgIpc) is 2.41. The van der Waals surface area contributed by atoms with Crippen molar-refractivity contribution in [3.63, 3.8) is 0 Å². The molecule has 0 saturated carbocycles. The molecule has 1 saturated heterocycles. The molecule has 1 atom stereocenters. The number of thioether (sulfide) groups is 2. The van der Waals surface area contributed by atoms with Crippen LogP contribution in [0.25, 0.3) is 0 Å². The van der Waals surface area contributed by atoms with Crippen molar-refractivity contribution >= 4 is 34.9 Å². The Balaban J connectivity index is 1.92. The second-order valence-corrected chi connectivity index (χ2v) is 6.76. The van der Waals surface area contributed by atoms with Gasteiger partial charge in [0.2, 0.25) is 0 Å². The number of anilines is 2. The van der Waals surface area contributed by atoms with Gasteiger partial charge in [-0.3, -0.25) is 0 Å². The number of nitrogens with two attached hydrogens (primary N) is 1.